The number of carbonyl (C=O) groups is 2. The van der Waals surface area contributed by atoms with Crippen LogP contribution in [0.3, 0.4) is 0 Å². The van der Waals surface area contributed by atoms with Crippen LogP contribution in [-0.4, -0.2) is 32.6 Å². The molecule has 178 valence electrons. The molecule has 2 aromatic heterocycles. The molecular weight excluding hydrogens is 489 g/mol. The second-order valence-corrected chi connectivity index (χ2v) is 9.00. The van der Waals surface area contributed by atoms with E-state index in [1.807, 2.05) is 19.1 Å². The first-order valence-corrected chi connectivity index (χ1v) is 11.4. The van der Waals surface area contributed by atoms with Crippen LogP contribution < -0.4 is 10.9 Å². The van der Waals surface area contributed by atoms with Crippen molar-refractivity contribution < 1.29 is 14.7 Å². The van der Waals surface area contributed by atoms with E-state index in [-0.39, 0.29) is 27.6 Å². The number of aliphatic carboxylic acids is 1. The zero-order valence-corrected chi connectivity index (χ0v) is 20.4. The number of fused-ring (bicyclic) bond motifs is 1. The number of rotatable bonds is 6. The number of carboxylic acid groups (broad SMARTS) is 1. The molecule has 0 fully saturated rings. The van der Waals surface area contributed by atoms with Gasteiger partial charge in [0.1, 0.15) is 6.04 Å². The summed E-state index contributed by atoms with van der Waals surface area (Å²) in [5.74, 6) is -1.91. The second-order valence-electron chi connectivity index (χ2n) is 8.18. The van der Waals surface area contributed by atoms with Gasteiger partial charge in [-0.15, -0.1) is 0 Å². The van der Waals surface area contributed by atoms with Gasteiger partial charge in [-0.3, -0.25) is 14.6 Å². The van der Waals surface area contributed by atoms with Crippen LogP contribution in [0.2, 0.25) is 10.0 Å². The largest absolute Gasteiger partial charge is 0.480 e. The van der Waals surface area contributed by atoms with E-state index in [0.29, 0.717) is 27.6 Å². The van der Waals surface area contributed by atoms with Gasteiger partial charge in [-0.25, -0.2) is 4.79 Å². The predicted octanol–water partition coefficient (Wildman–Crippen LogP) is 4.64. The first-order valence-electron chi connectivity index (χ1n) is 10.7. The van der Waals surface area contributed by atoms with Crippen LogP contribution in [0.15, 0.2) is 65.7 Å². The number of hydrogen-bond acceptors (Lipinski definition) is 4. The van der Waals surface area contributed by atoms with Crippen molar-refractivity contribution in [3.63, 3.8) is 0 Å². The minimum absolute atomic E-state index is 0.00991. The Balaban J connectivity index is 1.74. The van der Waals surface area contributed by atoms with E-state index >= 15 is 0 Å². The topological polar surface area (TPSA) is 101 Å². The number of nitrogens with zero attached hydrogens (tertiary/aromatic N) is 2. The second kappa shape index (κ2) is 9.90. The summed E-state index contributed by atoms with van der Waals surface area (Å²) in [5, 5.41) is 13.3. The Hall–Kier alpha value is -3.68. The number of carboxylic acids is 1. The number of hydrogen-bond donors (Lipinski definition) is 2. The van der Waals surface area contributed by atoms with Gasteiger partial charge in [-0.2, -0.15) is 0 Å². The molecule has 0 spiro atoms. The molecule has 9 heteroatoms. The van der Waals surface area contributed by atoms with Crippen LogP contribution in [0.5, 0.6) is 0 Å². The minimum Gasteiger partial charge on any atom is -0.480 e. The van der Waals surface area contributed by atoms with Gasteiger partial charge in [0.15, 0.2) is 0 Å². The Morgan fingerprint density at radius 3 is 2.49 bits per heavy atom. The molecule has 2 aromatic carbocycles. The molecule has 1 unspecified atom stereocenters. The maximum absolute atomic E-state index is 12.8. The van der Waals surface area contributed by atoms with Crippen molar-refractivity contribution in [1.29, 1.82) is 0 Å². The summed E-state index contributed by atoms with van der Waals surface area (Å²) in [5.41, 5.74) is 3.15. The lowest BCUT2D eigenvalue weighted by Crippen LogP contribution is -2.42. The summed E-state index contributed by atoms with van der Waals surface area (Å²) >= 11 is 12.2. The van der Waals surface area contributed by atoms with Gasteiger partial charge in [0.05, 0.1) is 21.1 Å². The Kier molecular flexibility index (Phi) is 6.91. The van der Waals surface area contributed by atoms with Gasteiger partial charge in [-0.1, -0.05) is 47.5 Å². The molecule has 0 bridgehead atoms. The lowest BCUT2D eigenvalue weighted by molar-refractivity contribution is -0.139. The van der Waals surface area contributed by atoms with Crippen molar-refractivity contribution in [2.24, 2.45) is 7.05 Å². The van der Waals surface area contributed by atoms with Crippen LogP contribution in [0.1, 0.15) is 21.5 Å². The van der Waals surface area contributed by atoms with Crippen molar-refractivity contribution >= 4 is 46.0 Å². The molecule has 35 heavy (non-hydrogen) atoms. The fourth-order valence-electron chi connectivity index (χ4n) is 4.07. The highest BCUT2D eigenvalue weighted by Crippen LogP contribution is 2.29. The highest BCUT2D eigenvalue weighted by atomic mass is 35.5. The third-order valence-corrected chi connectivity index (χ3v) is 6.31. The Labute approximate surface area is 211 Å². The maximum Gasteiger partial charge on any atom is 0.326 e. The number of aryl methyl sites for hydroxylation is 2. The summed E-state index contributed by atoms with van der Waals surface area (Å²) in [6.07, 6.45) is 3.32. The fourth-order valence-corrected chi connectivity index (χ4v) is 4.64. The molecule has 7 nitrogen and oxygen atoms in total. The Bertz CT molecular complexity index is 1510. The summed E-state index contributed by atoms with van der Waals surface area (Å²) in [4.78, 5) is 42.1. The third kappa shape index (κ3) is 4.92. The van der Waals surface area contributed by atoms with Gasteiger partial charge in [0, 0.05) is 36.8 Å². The zero-order chi connectivity index (χ0) is 25.3. The molecule has 4 rings (SSSR count). The van der Waals surface area contributed by atoms with Crippen LogP contribution in [0.25, 0.3) is 22.0 Å². The smallest absolute Gasteiger partial charge is 0.326 e. The molecule has 1 amide bonds. The Morgan fingerprint density at radius 2 is 1.80 bits per heavy atom. The molecule has 0 aliphatic carbocycles. The van der Waals surface area contributed by atoms with E-state index in [2.05, 4.69) is 10.3 Å². The molecule has 0 aliphatic rings. The maximum atomic E-state index is 12.8. The number of amides is 1. The first kappa shape index (κ1) is 24.4. The summed E-state index contributed by atoms with van der Waals surface area (Å²) in [7, 11) is 1.69. The molecule has 2 heterocycles. The number of benzene rings is 2. The molecule has 0 saturated heterocycles. The third-order valence-electron chi connectivity index (χ3n) is 5.68. The van der Waals surface area contributed by atoms with Crippen LogP contribution in [-0.2, 0) is 18.3 Å². The first-order chi connectivity index (χ1) is 16.7. The zero-order valence-electron chi connectivity index (χ0n) is 18.9. The standard InChI is InChI=1S/C26H21Cl2N3O4/c1-14-11-18(25(33)31(2)13-14)16-9-8-15(23-17(16)5-4-10-29-23)12-21(26(34)35)30-24(32)22-19(27)6-3-7-20(22)28/h3-11,13,21H,12H2,1-2H3,(H,30,32)(H,34,35). The van der Waals surface area contributed by atoms with Crippen LogP contribution in [0, 0.1) is 6.92 Å². The van der Waals surface area contributed by atoms with Crippen molar-refractivity contribution in [3.8, 4) is 11.1 Å². The molecule has 0 saturated carbocycles. The van der Waals surface area contributed by atoms with Crippen LogP contribution >= 0.6 is 23.2 Å². The van der Waals surface area contributed by atoms with Gasteiger partial charge in [0.2, 0.25) is 0 Å². The number of aromatic nitrogens is 2. The molecule has 4 aromatic rings. The lowest BCUT2D eigenvalue weighted by atomic mass is 9.95. The van der Waals surface area contributed by atoms with Gasteiger partial charge in [-0.05, 0) is 47.9 Å². The normalized spacial score (nSPS) is 11.9. The number of nitrogens with one attached hydrogen (secondary N) is 1. The highest BCUT2D eigenvalue weighted by Gasteiger charge is 2.25. The van der Waals surface area contributed by atoms with E-state index < -0.39 is 17.9 Å². The summed E-state index contributed by atoms with van der Waals surface area (Å²) in [6, 6.07) is 12.3. The average Bonchev–Trinajstić information content (AvgIpc) is 2.81. The van der Waals surface area contributed by atoms with Crippen LogP contribution in [0.4, 0.5) is 0 Å². The average molecular weight is 510 g/mol. The summed E-state index contributed by atoms with van der Waals surface area (Å²) < 4.78 is 1.52. The van der Waals surface area contributed by atoms with Gasteiger partial charge < -0.3 is 15.0 Å². The van der Waals surface area contributed by atoms with E-state index in [1.165, 1.54) is 16.7 Å². The van der Waals surface area contributed by atoms with Crippen molar-refractivity contribution in [2.75, 3.05) is 0 Å². The predicted molar refractivity (Wildman–Crippen MR) is 136 cm³/mol. The van der Waals surface area contributed by atoms with E-state index in [4.69, 9.17) is 23.2 Å². The van der Waals surface area contributed by atoms with Crippen molar-refractivity contribution in [3.05, 3.63) is 98.0 Å². The van der Waals surface area contributed by atoms with Gasteiger partial charge >= 0.3 is 5.97 Å². The summed E-state index contributed by atoms with van der Waals surface area (Å²) in [6.45, 7) is 1.91. The SMILES string of the molecule is Cc1cc(-c2ccc(CC(NC(=O)c3c(Cl)cccc3Cl)C(=O)O)c3ncccc23)c(=O)n(C)c1. The van der Waals surface area contributed by atoms with E-state index in [0.717, 1.165) is 5.56 Å². The lowest BCUT2D eigenvalue weighted by Gasteiger charge is -2.17. The van der Waals surface area contributed by atoms with E-state index in [1.54, 1.807) is 43.7 Å². The van der Waals surface area contributed by atoms with E-state index in [9.17, 15) is 19.5 Å². The quantitative estimate of drug-likeness (QED) is 0.394. The Morgan fingerprint density at radius 1 is 1.09 bits per heavy atom. The minimum atomic E-state index is -1.27. The molecular formula is C26H21Cl2N3O4. The number of pyridine rings is 2. The van der Waals surface area contributed by atoms with Crippen molar-refractivity contribution in [1.82, 2.24) is 14.9 Å². The van der Waals surface area contributed by atoms with Crippen molar-refractivity contribution in [2.45, 2.75) is 19.4 Å². The fraction of sp³-hybridized carbons (Fsp3) is 0.154. The molecule has 0 radical (unpaired) electrons. The van der Waals surface area contributed by atoms with Gasteiger partial charge in [0.25, 0.3) is 11.5 Å². The number of carbonyl (C=O) groups excluding carboxylic acids is 1. The highest BCUT2D eigenvalue weighted by molar-refractivity contribution is 6.39. The molecule has 0 aliphatic heterocycles. The number of halogens is 2. The molecule has 1 atom stereocenters. The molecule has 2 N–H and O–H groups in total. The monoisotopic (exact) mass is 509 g/mol.